The number of amides is 2. The van der Waals surface area contributed by atoms with Crippen LogP contribution in [-0.2, 0) is 6.42 Å². The van der Waals surface area contributed by atoms with Gasteiger partial charge in [0.2, 0.25) is 0 Å². The minimum Gasteiger partial charge on any atom is -0.497 e. The van der Waals surface area contributed by atoms with Gasteiger partial charge < -0.3 is 15.0 Å². The number of benzene rings is 1. The number of hydrogen-bond acceptors (Lipinski definition) is 2. The molecule has 2 amide bonds. The van der Waals surface area contributed by atoms with Gasteiger partial charge in [-0.1, -0.05) is 12.1 Å². The summed E-state index contributed by atoms with van der Waals surface area (Å²) in [4.78, 5) is 14.3. The van der Waals surface area contributed by atoms with E-state index in [0.717, 1.165) is 25.0 Å². The second-order valence-corrected chi connectivity index (χ2v) is 5.87. The van der Waals surface area contributed by atoms with Crippen LogP contribution >= 0.6 is 0 Å². The monoisotopic (exact) mass is 290 g/mol. The number of ether oxygens (including phenoxy) is 1. The van der Waals surface area contributed by atoms with Crippen LogP contribution in [0.5, 0.6) is 5.75 Å². The number of nitrogens with one attached hydrogen (secondary N) is 1. The first-order valence-corrected chi connectivity index (χ1v) is 7.81. The van der Waals surface area contributed by atoms with Gasteiger partial charge in [-0.25, -0.2) is 4.79 Å². The Morgan fingerprint density at radius 2 is 2.05 bits per heavy atom. The van der Waals surface area contributed by atoms with Crippen molar-refractivity contribution < 1.29 is 9.53 Å². The minimum atomic E-state index is 0.0672. The molecule has 0 aliphatic carbocycles. The lowest BCUT2D eigenvalue weighted by atomic mass is 9.98. The Morgan fingerprint density at radius 1 is 1.33 bits per heavy atom. The van der Waals surface area contributed by atoms with Gasteiger partial charge in [-0.15, -0.1) is 0 Å². The first-order valence-electron chi connectivity index (χ1n) is 7.81. The minimum absolute atomic E-state index is 0.0672. The molecule has 1 N–H and O–H groups in total. The number of hydrogen-bond donors (Lipinski definition) is 1. The molecule has 2 rings (SSSR count). The van der Waals surface area contributed by atoms with E-state index in [2.05, 4.69) is 25.2 Å². The molecule has 0 spiro atoms. The molecule has 116 valence electrons. The van der Waals surface area contributed by atoms with E-state index in [1.807, 2.05) is 23.1 Å². The van der Waals surface area contributed by atoms with Crippen molar-refractivity contribution in [2.45, 2.75) is 51.6 Å². The van der Waals surface area contributed by atoms with E-state index in [0.29, 0.717) is 18.6 Å². The molecule has 4 heteroatoms. The van der Waals surface area contributed by atoms with Crippen LogP contribution in [0.4, 0.5) is 4.79 Å². The highest BCUT2D eigenvalue weighted by Gasteiger charge is 2.28. The number of carbonyl (C=O) groups is 1. The van der Waals surface area contributed by atoms with Crippen LogP contribution in [0, 0.1) is 0 Å². The number of rotatable bonds is 4. The Balaban J connectivity index is 1.83. The molecule has 2 unspecified atom stereocenters. The number of piperidine rings is 1. The van der Waals surface area contributed by atoms with Gasteiger partial charge in [0.15, 0.2) is 0 Å². The summed E-state index contributed by atoms with van der Waals surface area (Å²) >= 11 is 0. The second kappa shape index (κ2) is 7.34. The normalized spacial score (nSPS) is 22.0. The standard InChI is InChI=1S/C17H26N2O2/c1-13-6-4-7-14(2)19(13)17(20)18-11-10-15-8-5-9-16(12-15)21-3/h5,8-9,12-14H,4,6-7,10-11H2,1-3H3,(H,18,20). The number of methoxy groups -OCH3 is 1. The Labute approximate surface area is 127 Å². The van der Waals surface area contributed by atoms with Gasteiger partial charge in [-0.3, -0.25) is 0 Å². The zero-order chi connectivity index (χ0) is 15.2. The molecule has 2 atom stereocenters. The van der Waals surface area contributed by atoms with Gasteiger partial charge in [0.25, 0.3) is 0 Å². The van der Waals surface area contributed by atoms with E-state index in [4.69, 9.17) is 4.74 Å². The van der Waals surface area contributed by atoms with Gasteiger partial charge in [0, 0.05) is 18.6 Å². The average Bonchev–Trinajstić information content (AvgIpc) is 2.47. The molecule has 1 fully saturated rings. The van der Waals surface area contributed by atoms with Gasteiger partial charge in [-0.05, 0) is 57.2 Å². The third-order valence-corrected chi connectivity index (χ3v) is 4.25. The molecular formula is C17H26N2O2. The van der Waals surface area contributed by atoms with Crippen molar-refractivity contribution >= 4 is 6.03 Å². The zero-order valence-electron chi connectivity index (χ0n) is 13.3. The maximum absolute atomic E-state index is 12.3. The summed E-state index contributed by atoms with van der Waals surface area (Å²) in [6.07, 6.45) is 4.25. The van der Waals surface area contributed by atoms with Crippen LogP contribution in [0.25, 0.3) is 0 Å². The molecule has 4 nitrogen and oxygen atoms in total. The molecule has 0 saturated carbocycles. The van der Waals surface area contributed by atoms with E-state index in [1.54, 1.807) is 7.11 Å². The fourth-order valence-electron chi connectivity index (χ4n) is 3.05. The van der Waals surface area contributed by atoms with Gasteiger partial charge >= 0.3 is 6.03 Å². The number of urea groups is 1. The van der Waals surface area contributed by atoms with E-state index in [1.165, 1.54) is 12.0 Å². The summed E-state index contributed by atoms with van der Waals surface area (Å²) in [6, 6.07) is 8.72. The quantitative estimate of drug-likeness (QED) is 0.925. The fraction of sp³-hybridized carbons (Fsp3) is 0.588. The number of carbonyl (C=O) groups excluding carboxylic acids is 1. The highest BCUT2D eigenvalue weighted by molar-refractivity contribution is 5.75. The maximum atomic E-state index is 12.3. The summed E-state index contributed by atoms with van der Waals surface area (Å²) in [6.45, 7) is 4.93. The summed E-state index contributed by atoms with van der Waals surface area (Å²) < 4.78 is 5.21. The Bertz CT molecular complexity index is 466. The predicted molar refractivity (Wildman–Crippen MR) is 84.7 cm³/mol. The lowest BCUT2D eigenvalue weighted by Gasteiger charge is -2.38. The molecule has 1 saturated heterocycles. The van der Waals surface area contributed by atoms with Crippen LogP contribution in [-0.4, -0.2) is 36.7 Å². The van der Waals surface area contributed by atoms with Crippen LogP contribution in [0.15, 0.2) is 24.3 Å². The van der Waals surface area contributed by atoms with Crippen LogP contribution < -0.4 is 10.1 Å². The SMILES string of the molecule is COc1cccc(CCNC(=O)N2C(C)CCCC2C)c1. The number of nitrogens with zero attached hydrogens (tertiary/aromatic N) is 1. The fourth-order valence-corrected chi connectivity index (χ4v) is 3.05. The third kappa shape index (κ3) is 4.13. The molecule has 1 aliphatic heterocycles. The maximum Gasteiger partial charge on any atom is 0.317 e. The molecule has 0 aromatic heterocycles. The van der Waals surface area contributed by atoms with Crippen molar-refractivity contribution in [3.8, 4) is 5.75 Å². The summed E-state index contributed by atoms with van der Waals surface area (Å²) in [5.74, 6) is 0.858. The molecule has 0 radical (unpaired) electrons. The van der Waals surface area contributed by atoms with Crippen molar-refractivity contribution in [3.63, 3.8) is 0 Å². The number of likely N-dealkylation sites (tertiary alicyclic amines) is 1. The van der Waals surface area contributed by atoms with Crippen molar-refractivity contribution in [1.82, 2.24) is 10.2 Å². The molecule has 0 bridgehead atoms. The highest BCUT2D eigenvalue weighted by Crippen LogP contribution is 2.22. The lowest BCUT2D eigenvalue weighted by molar-refractivity contribution is 0.123. The largest absolute Gasteiger partial charge is 0.497 e. The summed E-state index contributed by atoms with van der Waals surface area (Å²) in [5, 5.41) is 3.05. The smallest absolute Gasteiger partial charge is 0.317 e. The molecule has 21 heavy (non-hydrogen) atoms. The Kier molecular flexibility index (Phi) is 5.48. The van der Waals surface area contributed by atoms with E-state index < -0.39 is 0 Å². The Morgan fingerprint density at radius 3 is 2.71 bits per heavy atom. The van der Waals surface area contributed by atoms with Crippen LogP contribution in [0.1, 0.15) is 38.7 Å². The second-order valence-electron chi connectivity index (χ2n) is 5.87. The van der Waals surface area contributed by atoms with Crippen molar-refractivity contribution in [2.75, 3.05) is 13.7 Å². The lowest BCUT2D eigenvalue weighted by Crippen LogP contribution is -2.52. The molecule has 1 aromatic carbocycles. The van der Waals surface area contributed by atoms with Gasteiger partial charge in [0.05, 0.1) is 7.11 Å². The van der Waals surface area contributed by atoms with Crippen molar-refractivity contribution in [2.24, 2.45) is 0 Å². The van der Waals surface area contributed by atoms with Crippen molar-refractivity contribution in [1.29, 1.82) is 0 Å². The van der Waals surface area contributed by atoms with Crippen LogP contribution in [0.3, 0.4) is 0 Å². The van der Waals surface area contributed by atoms with Crippen LogP contribution in [0.2, 0.25) is 0 Å². The molecular weight excluding hydrogens is 264 g/mol. The average molecular weight is 290 g/mol. The first-order chi connectivity index (χ1) is 10.1. The van der Waals surface area contributed by atoms with Gasteiger partial charge in [-0.2, -0.15) is 0 Å². The van der Waals surface area contributed by atoms with E-state index in [9.17, 15) is 4.79 Å². The molecule has 1 heterocycles. The molecule has 1 aromatic rings. The highest BCUT2D eigenvalue weighted by atomic mass is 16.5. The summed E-state index contributed by atoms with van der Waals surface area (Å²) in [7, 11) is 1.67. The first kappa shape index (κ1) is 15.7. The van der Waals surface area contributed by atoms with E-state index >= 15 is 0 Å². The molecule has 1 aliphatic rings. The van der Waals surface area contributed by atoms with Gasteiger partial charge in [0.1, 0.15) is 5.75 Å². The summed E-state index contributed by atoms with van der Waals surface area (Å²) in [5.41, 5.74) is 1.18. The van der Waals surface area contributed by atoms with E-state index in [-0.39, 0.29) is 6.03 Å². The Hall–Kier alpha value is -1.71. The third-order valence-electron chi connectivity index (χ3n) is 4.25. The van der Waals surface area contributed by atoms with Crippen molar-refractivity contribution in [3.05, 3.63) is 29.8 Å². The zero-order valence-corrected chi connectivity index (χ0v) is 13.3. The topological polar surface area (TPSA) is 41.6 Å². The predicted octanol–water partition coefficient (Wildman–Crippen LogP) is 3.21.